The first-order valence-electron chi connectivity index (χ1n) is 8.23. The molecular weight excluding hydrogens is 288 g/mol. The van der Waals surface area contributed by atoms with Crippen molar-refractivity contribution < 1.29 is 9.53 Å². The van der Waals surface area contributed by atoms with E-state index in [1.807, 2.05) is 43.9 Å². The van der Waals surface area contributed by atoms with Gasteiger partial charge in [-0.25, -0.2) is 0 Å². The Balaban J connectivity index is 1.87. The van der Waals surface area contributed by atoms with Gasteiger partial charge in [0.1, 0.15) is 0 Å². The van der Waals surface area contributed by atoms with Crippen molar-refractivity contribution >= 4 is 16.8 Å². The summed E-state index contributed by atoms with van der Waals surface area (Å²) in [6.07, 6.45) is 0.605. The third-order valence-corrected chi connectivity index (χ3v) is 4.59. The van der Waals surface area contributed by atoms with E-state index in [2.05, 4.69) is 18.0 Å². The second-order valence-corrected chi connectivity index (χ2v) is 6.55. The van der Waals surface area contributed by atoms with Crippen molar-refractivity contribution in [1.29, 1.82) is 0 Å². The quantitative estimate of drug-likeness (QED) is 0.856. The molecule has 1 aliphatic heterocycles. The fraction of sp³-hybridized carbons (Fsp3) is 0.474. The van der Waals surface area contributed by atoms with Crippen molar-refractivity contribution in [3.63, 3.8) is 0 Å². The standard InChI is InChI=1S/C19H24N2O2/c1-12-10-21(11-13(2)23-12)19(22)9-17-14(3)16-7-5-6-8-18(16)20-15(17)4/h5-8,12-13H,9-11H2,1-4H3. The lowest BCUT2D eigenvalue weighted by atomic mass is 9.99. The van der Waals surface area contributed by atoms with E-state index in [0.717, 1.165) is 27.7 Å². The summed E-state index contributed by atoms with van der Waals surface area (Å²) in [5, 5.41) is 1.13. The van der Waals surface area contributed by atoms with Crippen LogP contribution in [-0.4, -0.2) is 41.1 Å². The smallest absolute Gasteiger partial charge is 0.227 e. The van der Waals surface area contributed by atoms with Crippen LogP contribution in [0, 0.1) is 13.8 Å². The predicted octanol–water partition coefficient (Wildman–Crippen LogP) is 3.03. The summed E-state index contributed by atoms with van der Waals surface area (Å²) in [5.41, 5.74) is 4.16. The highest BCUT2D eigenvalue weighted by Crippen LogP contribution is 2.24. The zero-order chi connectivity index (χ0) is 16.6. The molecule has 2 aromatic rings. The average Bonchev–Trinajstić information content (AvgIpc) is 2.50. The van der Waals surface area contributed by atoms with Gasteiger partial charge in [-0.3, -0.25) is 9.78 Å². The molecule has 1 aliphatic rings. The van der Waals surface area contributed by atoms with Gasteiger partial charge >= 0.3 is 0 Å². The molecule has 1 aromatic heterocycles. The number of aromatic nitrogens is 1. The largest absolute Gasteiger partial charge is 0.372 e. The fourth-order valence-electron chi connectivity index (χ4n) is 3.48. The van der Waals surface area contributed by atoms with Crippen molar-refractivity contribution in [2.45, 2.75) is 46.3 Å². The molecule has 122 valence electrons. The highest BCUT2D eigenvalue weighted by molar-refractivity contribution is 5.86. The monoisotopic (exact) mass is 312 g/mol. The molecule has 2 atom stereocenters. The van der Waals surface area contributed by atoms with Crippen LogP contribution in [0.4, 0.5) is 0 Å². The van der Waals surface area contributed by atoms with E-state index >= 15 is 0 Å². The zero-order valence-corrected chi connectivity index (χ0v) is 14.3. The number of carbonyl (C=O) groups is 1. The number of pyridine rings is 1. The Morgan fingerprint density at radius 3 is 2.57 bits per heavy atom. The number of ether oxygens (including phenoxy) is 1. The van der Waals surface area contributed by atoms with E-state index in [0.29, 0.717) is 19.5 Å². The Labute approximate surface area is 137 Å². The topological polar surface area (TPSA) is 42.4 Å². The number of carbonyl (C=O) groups excluding carboxylic acids is 1. The summed E-state index contributed by atoms with van der Waals surface area (Å²) >= 11 is 0. The Kier molecular flexibility index (Phi) is 4.35. The maximum Gasteiger partial charge on any atom is 0.227 e. The third kappa shape index (κ3) is 3.22. The molecule has 4 heteroatoms. The van der Waals surface area contributed by atoms with Crippen molar-refractivity contribution in [2.75, 3.05) is 13.1 Å². The van der Waals surface area contributed by atoms with Crippen LogP contribution in [0.5, 0.6) is 0 Å². The summed E-state index contributed by atoms with van der Waals surface area (Å²) in [4.78, 5) is 19.3. The van der Waals surface area contributed by atoms with Gasteiger partial charge < -0.3 is 9.64 Å². The molecule has 0 aliphatic carbocycles. The minimum Gasteiger partial charge on any atom is -0.372 e. The number of para-hydroxylation sites is 1. The number of aryl methyl sites for hydroxylation is 2. The van der Waals surface area contributed by atoms with Crippen LogP contribution < -0.4 is 0 Å². The highest BCUT2D eigenvalue weighted by atomic mass is 16.5. The lowest BCUT2D eigenvalue weighted by Crippen LogP contribution is -2.48. The summed E-state index contributed by atoms with van der Waals surface area (Å²) in [5.74, 6) is 0.162. The van der Waals surface area contributed by atoms with E-state index in [1.54, 1.807) is 0 Å². The van der Waals surface area contributed by atoms with Crippen molar-refractivity contribution in [3.8, 4) is 0 Å². The number of nitrogens with zero attached hydrogens (tertiary/aromatic N) is 2. The number of rotatable bonds is 2. The van der Waals surface area contributed by atoms with Crippen LogP contribution >= 0.6 is 0 Å². The molecule has 0 N–H and O–H groups in total. The van der Waals surface area contributed by atoms with Crippen molar-refractivity contribution in [3.05, 3.63) is 41.1 Å². The van der Waals surface area contributed by atoms with Gasteiger partial charge in [0, 0.05) is 24.2 Å². The van der Waals surface area contributed by atoms with Crippen LogP contribution in [-0.2, 0) is 16.0 Å². The van der Waals surface area contributed by atoms with Crippen LogP contribution in [0.25, 0.3) is 10.9 Å². The summed E-state index contributed by atoms with van der Waals surface area (Å²) < 4.78 is 5.72. The van der Waals surface area contributed by atoms with Crippen LogP contribution in [0.2, 0.25) is 0 Å². The van der Waals surface area contributed by atoms with Gasteiger partial charge in [-0.1, -0.05) is 18.2 Å². The first-order valence-corrected chi connectivity index (χ1v) is 8.23. The normalized spacial score (nSPS) is 21.7. The Hall–Kier alpha value is -1.94. The van der Waals surface area contributed by atoms with Crippen molar-refractivity contribution in [2.24, 2.45) is 0 Å². The molecule has 0 spiro atoms. The number of amides is 1. The molecule has 2 heterocycles. The predicted molar refractivity (Wildman–Crippen MR) is 91.5 cm³/mol. The van der Waals surface area contributed by atoms with Crippen LogP contribution in [0.3, 0.4) is 0 Å². The first-order chi connectivity index (χ1) is 11.0. The van der Waals surface area contributed by atoms with Gasteiger partial charge in [0.15, 0.2) is 0 Å². The molecule has 1 aromatic carbocycles. The lowest BCUT2D eigenvalue weighted by Gasteiger charge is -2.35. The Bertz CT molecular complexity index is 731. The molecule has 1 fully saturated rings. The van der Waals surface area contributed by atoms with E-state index in [1.165, 1.54) is 0 Å². The van der Waals surface area contributed by atoms with Crippen LogP contribution in [0.15, 0.2) is 24.3 Å². The Morgan fingerprint density at radius 1 is 1.22 bits per heavy atom. The van der Waals surface area contributed by atoms with E-state index in [-0.39, 0.29) is 18.1 Å². The lowest BCUT2D eigenvalue weighted by molar-refractivity contribution is -0.142. The van der Waals surface area contributed by atoms with E-state index in [9.17, 15) is 4.79 Å². The second-order valence-electron chi connectivity index (χ2n) is 6.55. The highest BCUT2D eigenvalue weighted by Gasteiger charge is 2.26. The number of morpholine rings is 1. The third-order valence-electron chi connectivity index (χ3n) is 4.59. The minimum atomic E-state index is 0.0969. The first kappa shape index (κ1) is 15.9. The molecule has 0 bridgehead atoms. The van der Waals surface area contributed by atoms with Gasteiger partial charge in [0.2, 0.25) is 5.91 Å². The minimum absolute atomic E-state index is 0.0969. The molecule has 1 amide bonds. The SMILES string of the molecule is Cc1nc2ccccc2c(C)c1CC(=O)N1CC(C)OC(C)C1. The average molecular weight is 312 g/mol. The molecule has 3 rings (SSSR count). The van der Waals surface area contributed by atoms with E-state index < -0.39 is 0 Å². The maximum absolute atomic E-state index is 12.7. The van der Waals surface area contributed by atoms with E-state index in [4.69, 9.17) is 4.74 Å². The van der Waals surface area contributed by atoms with Gasteiger partial charge in [-0.2, -0.15) is 0 Å². The molecule has 0 radical (unpaired) electrons. The maximum atomic E-state index is 12.7. The summed E-state index contributed by atoms with van der Waals surface area (Å²) in [6, 6.07) is 8.11. The molecule has 4 nitrogen and oxygen atoms in total. The summed E-state index contributed by atoms with van der Waals surface area (Å²) in [6.45, 7) is 9.45. The van der Waals surface area contributed by atoms with Crippen LogP contribution in [0.1, 0.15) is 30.7 Å². The molecule has 0 saturated carbocycles. The van der Waals surface area contributed by atoms with Gasteiger partial charge in [-0.15, -0.1) is 0 Å². The second kappa shape index (κ2) is 6.28. The van der Waals surface area contributed by atoms with Crippen molar-refractivity contribution in [1.82, 2.24) is 9.88 Å². The van der Waals surface area contributed by atoms with Gasteiger partial charge in [0.05, 0.1) is 24.1 Å². The number of hydrogen-bond donors (Lipinski definition) is 0. The Morgan fingerprint density at radius 2 is 1.87 bits per heavy atom. The molecule has 23 heavy (non-hydrogen) atoms. The zero-order valence-electron chi connectivity index (χ0n) is 14.3. The number of fused-ring (bicyclic) bond motifs is 1. The fourth-order valence-corrected chi connectivity index (χ4v) is 3.48. The summed E-state index contributed by atoms with van der Waals surface area (Å²) in [7, 11) is 0. The van der Waals surface area contributed by atoms with Gasteiger partial charge in [-0.05, 0) is 44.9 Å². The number of hydrogen-bond acceptors (Lipinski definition) is 3. The van der Waals surface area contributed by atoms with Gasteiger partial charge in [0.25, 0.3) is 0 Å². The molecular formula is C19H24N2O2. The molecule has 2 unspecified atom stereocenters. The molecule has 1 saturated heterocycles. The number of benzene rings is 1.